The second-order valence-corrected chi connectivity index (χ2v) is 6.31. The van der Waals surface area contributed by atoms with E-state index in [1.54, 1.807) is 49.2 Å². The molecule has 1 atom stereocenters. The number of hydrogen-bond donors (Lipinski definition) is 0. The Morgan fingerprint density at radius 2 is 1.88 bits per heavy atom. The highest BCUT2D eigenvalue weighted by Gasteiger charge is 2.31. The molecule has 0 bridgehead atoms. The van der Waals surface area contributed by atoms with Crippen LogP contribution in [0.3, 0.4) is 0 Å². The number of halogens is 1. The van der Waals surface area contributed by atoms with Crippen LogP contribution >= 0.6 is 0 Å². The van der Waals surface area contributed by atoms with E-state index >= 15 is 0 Å². The highest BCUT2D eigenvalue weighted by Crippen LogP contribution is 2.33. The molecule has 2 aromatic carbocycles. The Morgan fingerprint density at radius 1 is 1.19 bits per heavy atom. The highest BCUT2D eigenvalue weighted by atomic mass is 19.1. The van der Waals surface area contributed by atoms with Crippen molar-refractivity contribution >= 4 is 17.5 Å². The summed E-state index contributed by atoms with van der Waals surface area (Å²) in [7, 11) is 1.63. The second-order valence-electron chi connectivity index (χ2n) is 6.31. The fourth-order valence-corrected chi connectivity index (χ4v) is 2.96. The van der Waals surface area contributed by atoms with Crippen molar-refractivity contribution in [1.29, 1.82) is 0 Å². The predicted molar refractivity (Wildman–Crippen MR) is 96.4 cm³/mol. The van der Waals surface area contributed by atoms with Gasteiger partial charge >= 0.3 is 0 Å². The molecule has 0 aliphatic carbocycles. The summed E-state index contributed by atoms with van der Waals surface area (Å²) in [5, 5.41) is 0. The van der Waals surface area contributed by atoms with Crippen LogP contribution in [-0.2, 0) is 16.1 Å². The lowest BCUT2D eigenvalue weighted by Crippen LogP contribution is -2.45. The molecule has 136 valence electrons. The SMILES string of the molecule is CC1Oc2ccccc2N(CCC(=O)N(C)Cc2ccccc2F)C1=O. The number of amides is 2. The molecule has 1 aliphatic rings. The number of carbonyl (C=O) groups excluding carboxylic acids is 2. The van der Waals surface area contributed by atoms with Crippen LogP contribution in [0.1, 0.15) is 18.9 Å². The summed E-state index contributed by atoms with van der Waals surface area (Å²) in [6.45, 7) is 2.14. The minimum atomic E-state index is -0.587. The maximum Gasteiger partial charge on any atom is 0.267 e. The zero-order valence-corrected chi connectivity index (χ0v) is 14.8. The average molecular weight is 356 g/mol. The number of nitrogens with zero attached hydrogens (tertiary/aromatic N) is 2. The third-order valence-corrected chi connectivity index (χ3v) is 4.41. The standard InChI is InChI=1S/C20H21FN2O3/c1-14-20(25)23(17-9-5-6-10-18(17)26-14)12-11-19(24)22(2)13-15-7-3-4-8-16(15)21/h3-10,14H,11-13H2,1-2H3. The molecule has 5 nitrogen and oxygen atoms in total. The summed E-state index contributed by atoms with van der Waals surface area (Å²) in [5.41, 5.74) is 1.13. The van der Waals surface area contributed by atoms with E-state index in [9.17, 15) is 14.0 Å². The van der Waals surface area contributed by atoms with Crippen molar-refractivity contribution in [1.82, 2.24) is 4.90 Å². The normalized spacial score (nSPS) is 16.0. The first-order valence-electron chi connectivity index (χ1n) is 8.52. The number of carbonyl (C=O) groups is 2. The lowest BCUT2D eigenvalue weighted by molar-refractivity contribution is -0.130. The van der Waals surface area contributed by atoms with Crippen molar-refractivity contribution in [2.75, 3.05) is 18.5 Å². The van der Waals surface area contributed by atoms with Crippen LogP contribution in [0.2, 0.25) is 0 Å². The van der Waals surface area contributed by atoms with Crippen LogP contribution in [-0.4, -0.2) is 36.4 Å². The molecular weight excluding hydrogens is 335 g/mol. The van der Waals surface area contributed by atoms with E-state index in [0.29, 0.717) is 17.0 Å². The van der Waals surface area contributed by atoms with E-state index < -0.39 is 6.10 Å². The Hall–Kier alpha value is -2.89. The number of benzene rings is 2. The molecule has 6 heteroatoms. The lowest BCUT2D eigenvalue weighted by Gasteiger charge is -2.33. The van der Waals surface area contributed by atoms with Gasteiger partial charge in [0.2, 0.25) is 5.91 Å². The van der Waals surface area contributed by atoms with Crippen molar-refractivity contribution in [2.45, 2.75) is 26.0 Å². The fraction of sp³-hybridized carbons (Fsp3) is 0.300. The number of para-hydroxylation sites is 2. The molecule has 0 N–H and O–H groups in total. The molecule has 2 amide bonds. The molecule has 1 unspecified atom stereocenters. The van der Waals surface area contributed by atoms with Gasteiger partial charge in [0.1, 0.15) is 11.6 Å². The fourth-order valence-electron chi connectivity index (χ4n) is 2.96. The van der Waals surface area contributed by atoms with E-state index in [0.717, 1.165) is 0 Å². The first-order valence-corrected chi connectivity index (χ1v) is 8.52. The highest BCUT2D eigenvalue weighted by molar-refractivity contribution is 6.00. The number of anilines is 1. The van der Waals surface area contributed by atoms with Crippen LogP contribution in [0.4, 0.5) is 10.1 Å². The summed E-state index contributed by atoms with van der Waals surface area (Å²) in [6, 6.07) is 13.6. The van der Waals surface area contributed by atoms with Gasteiger partial charge in [-0.25, -0.2) is 4.39 Å². The summed E-state index contributed by atoms with van der Waals surface area (Å²) in [6.07, 6.45) is -0.436. The second kappa shape index (κ2) is 7.56. The van der Waals surface area contributed by atoms with E-state index in [1.165, 1.54) is 11.0 Å². The van der Waals surface area contributed by atoms with E-state index in [2.05, 4.69) is 0 Å². The smallest absolute Gasteiger partial charge is 0.267 e. The van der Waals surface area contributed by atoms with Gasteiger partial charge in [0, 0.05) is 32.1 Å². The zero-order chi connectivity index (χ0) is 18.7. The molecule has 3 rings (SSSR count). The first kappa shape index (κ1) is 17.9. The van der Waals surface area contributed by atoms with E-state index in [-0.39, 0.29) is 37.1 Å². The van der Waals surface area contributed by atoms with Crippen LogP contribution in [0.25, 0.3) is 0 Å². The molecule has 0 saturated heterocycles. The molecule has 26 heavy (non-hydrogen) atoms. The molecule has 0 radical (unpaired) electrons. The first-order chi connectivity index (χ1) is 12.5. The molecular formula is C20H21FN2O3. The van der Waals surface area contributed by atoms with Crippen molar-refractivity contribution in [3.63, 3.8) is 0 Å². The summed E-state index contributed by atoms with van der Waals surface area (Å²) < 4.78 is 19.3. The Balaban J connectivity index is 1.65. The minimum absolute atomic E-state index is 0.151. The largest absolute Gasteiger partial charge is 0.479 e. The molecule has 0 aromatic heterocycles. The number of ether oxygens (including phenoxy) is 1. The number of fused-ring (bicyclic) bond motifs is 1. The van der Waals surface area contributed by atoms with Gasteiger partial charge in [-0.2, -0.15) is 0 Å². The molecule has 1 aliphatic heterocycles. The van der Waals surface area contributed by atoms with Crippen molar-refractivity contribution < 1.29 is 18.7 Å². The quantitative estimate of drug-likeness (QED) is 0.828. The average Bonchev–Trinajstić information content (AvgIpc) is 2.63. The lowest BCUT2D eigenvalue weighted by atomic mass is 10.1. The molecule has 2 aromatic rings. The van der Waals surface area contributed by atoms with Gasteiger partial charge in [-0.1, -0.05) is 30.3 Å². The van der Waals surface area contributed by atoms with E-state index in [1.807, 2.05) is 12.1 Å². The molecule has 1 heterocycles. The van der Waals surface area contributed by atoms with Crippen molar-refractivity contribution in [3.05, 3.63) is 59.9 Å². The molecule has 0 fully saturated rings. The van der Waals surface area contributed by atoms with E-state index in [4.69, 9.17) is 4.74 Å². The number of rotatable bonds is 5. The van der Waals surface area contributed by atoms with Gasteiger partial charge in [0.05, 0.1) is 5.69 Å². The maximum atomic E-state index is 13.7. The molecule has 0 spiro atoms. The van der Waals surface area contributed by atoms with Crippen LogP contribution in [0, 0.1) is 5.82 Å². The Labute approximate surface area is 152 Å². The minimum Gasteiger partial charge on any atom is -0.479 e. The monoisotopic (exact) mass is 356 g/mol. The Bertz CT molecular complexity index is 824. The third kappa shape index (κ3) is 3.69. The van der Waals surface area contributed by atoms with Gasteiger partial charge < -0.3 is 14.5 Å². The summed E-state index contributed by atoms with van der Waals surface area (Å²) in [4.78, 5) is 27.9. The Kier molecular flexibility index (Phi) is 5.21. The van der Waals surface area contributed by atoms with Crippen molar-refractivity contribution in [3.8, 4) is 5.75 Å². The Morgan fingerprint density at radius 3 is 2.65 bits per heavy atom. The van der Waals surface area contributed by atoms with Gasteiger partial charge in [0.15, 0.2) is 6.10 Å². The summed E-state index contributed by atoms with van der Waals surface area (Å²) in [5.74, 6) is -0.0315. The van der Waals surface area contributed by atoms with Gasteiger partial charge in [-0.15, -0.1) is 0 Å². The van der Waals surface area contributed by atoms with Crippen molar-refractivity contribution in [2.24, 2.45) is 0 Å². The third-order valence-electron chi connectivity index (χ3n) is 4.41. The molecule has 0 saturated carbocycles. The predicted octanol–water partition coefficient (Wildman–Crippen LogP) is 2.99. The maximum absolute atomic E-state index is 13.7. The topological polar surface area (TPSA) is 49.9 Å². The van der Waals surface area contributed by atoms with Gasteiger partial charge in [-0.05, 0) is 25.1 Å². The van der Waals surface area contributed by atoms with Crippen LogP contribution in [0.5, 0.6) is 5.75 Å². The van der Waals surface area contributed by atoms with Gasteiger partial charge in [-0.3, -0.25) is 9.59 Å². The van der Waals surface area contributed by atoms with Gasteiger partial charge in [0.25, 0.3) is 5.91 Å². The summed E-state index contributed by atoms with van der Waals surface area (Å²) >= 11 is 0. The van der Waals surface area contributed by atoms with Crippen LogP contribution in [0.15, 0.2) is 48.5 Å². The number of hydrogen-bond acceptors (Lipinski definition) is 3. The van der Waals surface area contributed by atoms with Crippen LogP contribution < -0.4 is 9.64 Å². The zero-order valence-electron chi connectivity index (χ0n) is 14.8.